The number of hydrogen-bond acceptors (Lipinski definition) is 3. The number of aryl methyl sites for hydroxylation is 3. The van der Waals surface area contributed by atoms with Crippen LogP contribution in [0.5, 0.6) is 0 Å². The fraction of sp³-hybridized carbons (Fsp3) is 0.333. The predicted molar refractivity (Wildman–Crippen MR) is 87.1 cm³/mol. The normalized spacial score (nSPS) is 10.5. The molecule has 1 aromatic carbocycles. The molecule has 0 radical (unpaired) electrons. The molecule has 0 saturated heterocycles. The Kier molecular flexibility index (Phi) is 4.74. The average molecular weight is 288 g/mol. The van der Waals surface area contributed by atoms with Crippen molar-refractivity contribution in [3.8, 4) is 0 Å². The van der Waals surface area contributed by atoms with Crippen molar-refractivity contribution < 1.29 is 0 Å². The van der Waals surface area contributed by atoms with Crippen molar-refractivity contribution >= 4 is 22.9 Å². The highest BCUT2D eigenvalue weighted by molar-refractivity contribution is 7.80. The van der Waals surface area contributed by atoms with Crippen LogP contribution in [-0.4, -0.2) is 21.3 Å². The van der Waals surface area contributed by atoms with Gasteiger partial charge in [-0.1, -0.05) is 12.2 Å². The topological polar surface area (TPSA) is 55.9 Å². The summed E-state index contributed by atoms with van der Waals surface area (Å²) in [7, 11) is 0. The molecule has 1 heterocycles. The minimum atomic E-state index is 0.432. The Balaban J connectivity index is 1.78. The maximum absolute atomic E-state index is 5.57. The summed E-state index contributed by atoms with van der Waals surface area (Å²) in [4.78, 5) is 0.432. The first kappa shape index (κ1) is 14.5. The molecule has 1 aromatic heterocycles. The van der Waals surface area contributed by atoms with E-state index in [0.717, 1.165) is 36.5 Å². The van der Waals surface area contributed by atoms with Crippen LogP contribution in [0.4, 0.5) is 5.69 Å². The minimum Gasteiger partial charge on any atom is -0.389 e. The van der Waals surface area contributed by atoms with Crippen LogP contribution in [0.15, 0.2) is 30.3 Å². The second-order valence-electron chi connectivity index (χ2n) is 4.87. The van der Waals surface area contributed by atoms with Crippen molar-refractivity contribution in [3.05, 3.63) is 47.3 Å². The first-order valence-electron chi connectivity index (χ1n) is 6.71. The number of nitrogens with one attached hydrogen (secondary N) is 1. The first-order valence-corrected chi connectivity index (χ1v) is 7.12. The lowest BCUT2D eigenvalue weighted by molar-refractivity contribution is 0.574. The molecule has 106 valence electrons. The first-order chi connectivity index (χ1) is 9.56. The number of benzene rings is 1. The fourth-order valence-corrected chi connectivity index (χ4v) is 2.25. The van der Waals surface area contributed by atoms with Crippen molar-refractivity contribution in [2.45, 2.75) is 26.8 Å². The van der Waals surface area contributed by atoms with Gasteiger partial charge < -0.3 is 11.1 Å². The number of rotatable bonds is 6. The number of thiocarbonyl (C=S) groups is 1. The molecule has 0 unspecified atom stereocenters. The zero-order valence-electron chi connectivity index (χ0n) is 11.9. The van der Waals surface area contributed by atoms with Gasteiger partial charge >= 0.3 is 0 Å². The third kappa shape index (κ3) is 3.81. The Morgan fingerprint density at radius 2 is 2.00 bits per heavy atom. The van der Waals surface area contributed by atoms with Gasteiger partial charge in [-0.2, -0.15) is 5.10 Å². The van der Waals surface area contributed by atoms with Crippen molar-refractivity contribution in [1.29, 1.82) is 0 Å². The van der Waals surface area contributed by atoms with E-state index >= 15 is 0 Å². The molecule has 2 aromatic rings. The molecular formula is C15H20N4S. The molecular weight excluding hydrogens is 268 g/mol. The number of aromatic nitrogens is 2. The SMILES string of the molecule is Cc1cc(C)n(CCCNc2ccc(C(N)=S)cc2)n1. The summed E-state index contributed by atoms with van der Waals surface area (Å²) in [6.45, 7) is 5.94. The minimum absolute atomic E-state index is 0.432. The van der Waals surface area contributed by atoms with E-state index in [-0.39, 0.29) is 0 Å². The summed E-state index contributed by atoms with van der Waals surface area (Å²) in [5, 5.41) is 7.83. The zero-order valence-corrected chi connectivity index (χ0v) is 12.7. The molecule has 0 fully saturated rings. The summed E-state index contributed by atoms with van der Waals surface area (Å²) >= 11 is 4.93. The smallest absolute Gasteiger partial charge is 0.103 e. The Hall–Kier alpha value is -1.88. The van der Waals surface area contributed by atoms with Gasteiger partial charge in [0.2, 0.25) is 0 Å². The molecule has 0 atom stereocenters. The number of nitrogens with two attached hydrogens (primary N) is 1. The highest BCUT2D eigenvalue weighted by Crippen LogP contribution is 2.10. The molecule has 0 aliphatic rings. The molecule has 2 rings (SSSR count). The summed E-state index contributed by atoms with van der Waals surface area (Å²) < 4.78 is 2.05. The van der Waals surface area contributed by atoms with E-state index in [1.54, 1.807) is 0 Å². The van der Waals surface area contributed by atoms with Gasteiger partial charge in [0.25, 0.3) is 0 Å². The van der Waals surface area contributed by atoms with Gasteiger partial charge in [0.15, 0.2) is 0 Å². The van der Waals surface area contributed by atoms with Gasteiger partial charge in [-0.15, -0.1) is 0 Å². The van der Waals surface area contributed by atoms with Crippen LogP contribution in [0, 0.1) is 13.8 Å². The van der Waals surface area contributed by atoms with E-state index in [2.05, 4.69) is 23.4 Å². The summed E-state index contributed by atoms with van der Waals surface area (Å²) in [6, 6.07) is 9.97. The predicted octanol–water partition coefficient (Wildman–Crippen LogP) is 2.64. The Morgan fingerprint density at radius 3 is 2.55 bits per heavy atom. The third-order valence-electron chi connectivity index (χ3n) is 3.15. The van der Waals surface area contributed by atoms with Gasteiger partial charge in [-0.3, -0.25) is 4.68 Å². The standard InChI is InChI=1S/C15H20N4S/c1-11-10-12(2)19(18-11)9-3-8-17-14-6-4-13(5-7-14)15(16)20/h4-7,10,17H,3,8-9H2,1-2H3,(H2,16,20). The summed E-state index contributed by atoms with van der Waals surface area (Å²) in [5.74, 6) is 0. The van der Waals surface area contributed by atoms with Gasteiger partial charge in [-0.05, 0) is 50.6 Å². The van der Waals surface area contributed by atoms with E-state index in [4.69, 9.17) is 18.0 Å². The zero-order chi connectivity index (χ0) is 14.5. The van der Waals surface area contributed by atoms with E-state index in [1.807, 2.05) is 35.9 Å². The molecule has 0 aliphatic carbocycles. The lowest BCUT2D eigenvalue weighted by Crippen LogP contribution is -2.10. The second-order valence-corrected chi connectivity index (χ2v) is 5.31. The number of nitrogens with zero attached hydrogens (tertiary/aromatic N) is 2. The van der Waals surface area contributed by atoms with Crippen molar-refractivity contribution in [3.63, 3.8) is 0 Å². The molecule has 5 heteroatoms. The van der Waals surface area contributed by atoms with Crippen LogP contribution >= 0.6 is 12.2 Å². The van der Waals surface area contributed by atoms with Crippen molar-refractivity contribution in [1.82, 2.24) is 9.78 Å². The molecule has 3 N–H and O–H groups in total. The van der Waals surface area contributed by atoms with Crippen molar-refractivity contribution in [2.24, 2.45) is 5.73 Å². The van der Waals surface area contributed by atoms with Crippen LogP contribution in [-0.2, 0) is 6.54 Å². The second kappa shape index (κ2) is 6.52. The number of anilines is 1. The molecule has 0 bridgehead atoms. The maximum Gasteiger partial charge on any atom is 0.103 e. The monoisotopic (exact) mass is 288 g/mol. The van der Waals surface area contributed by atoms with Crippen LogP contribution in [0.1, 0.15) is 23.4 Å². The van der Waals surface area contributed by atoms with Gasteiger partial charge in [0.05, 0.1) is 5.69 Å². The van der Waals surface area contributed by atoms with Crippen LogP contribution in [0.25, 0.3) is 0 Å². The molecule has 0 aliphatic heterocycles. The molecule has 0 amide bonds. The van der Waals surface area contributed by atoms with Crippen molar-refractivity contribution in [2.75, 3.05) is 11.9 Å². The summed E-state index contributed by atoms with van der Waals surface area (Å²) in [5.41, 5.74) is 9.83. The van der Waals surface area contributed by atoms with Gasteiger partial charge in [0, 0.05) is 30.0 Å². The van der Waals surface area contributed by atoms with Gasteiger partial charge in [0.1, 0.15) is 4.99 Å². The third-order valence-corrected chi connectivity index (χ3v) is 3.38. The Bertz CT molecular complexity index is 586. The molecule has 0 spiro atoms. The fourth-order valence-electron chi connectivity index (χ4n) is 2.12. The largest absolute Gasteiger partial charge is 0.389 e. The summed E-state index contributed by atoms with van der Waals surface area (Å²) in [6.07, 6.45) is 1.03. The lowest BCUT2D eigenvalue weighted by Gasteiger charge is -2.08. The van der Waals surface area contributed by atoms with E-state index in [0.29, 0.717) is 4.99 Å². The number of hydrogen-bond donors (Lipinski definition) is 2. The highest BCUT2D eigenvalue weighted by Gasteiger charge is 2.00. The molecule has 4 nitrogen and oxygen atoms in total. The Morgan fingerprint density at radius 1 is 1.30 bits per heavy atom. The quantitative estimate of drug-likeness (QED) is 0.634. The highest BCUT2D eigenvalue weighted by atomic mass is 32.1. The molecule has 0 saturated carbocycles. The van der Waals surface area contributed by atoms with E-state index in [1.165, 1.54) is 5.69 Å². The molecule has 20 heavy (non-hydrogen) atoms. The van der Waals surface area contributed by atoms with Crippen LogP contribution in [0.2, 0.25) is 0 Å². The Labute approximate surface area is 125 Å². The van der Waals surface area contributed by atoms with E-state index < -0.39 is 0 Å². The van der Waals surface area contributed by atoms with Crippen LogP contribution in [0.3, 0.4) is 0 Å². The maximum atomic E-state index is 5.57. The average Bonchev–Trinajstić information content (AvgIpc) is 2.73. The lowest BCUT2D eigenvalue weighted by atomic mass is 10.2. The van der Waals surface area contributed by atoms with Gasteiger partial charge in [-0.25, -0.2) is 0 Å². The van der Waals surface area contributed by atoms with Crippen LogP contribution < -0.4 is 11.1 Å². The van der Waals surface area contributed by atoms with E-state index in [9.17, 15) is 0 Å².